The first-order valence-corrected chi connectivity index (χ1v) is 7.86. The van der Waals surface area contributed by atoms with Gasteiger partial charge >= 0.3 is 0 Å². The molecule has 5 heteroatoms. The zero-order valence-electron chi connectivity index (χ0n) is 12.7. The number of ether oxygens (including phenoxy) is 1. The van der Waals surface area contributed by atoms with Gasteiger partial charge in [-0.3, -0.25) is 4.79 Å². The molecule has 116 valence electrons. The van der Waals surface area contributed by atoms with E-state index >= 15 is 0 Å². The number of carbonyl (C=O) groups is 1. The lowest BCUT2D eigenvalue weighted by molar-refractivity contribution is 0.0960. The number of nitrogens with one attached hydrogen (secondary N) is 1. The van der Waals surface area contributed by atoms with Gasteiger partial charge in [0.1, 0.15) is 5.75 Å². The van der Waals surface area contributed by atoms with Gasteiger partial charge in [-0.2, -0.15) is 0 Å². The first-order chi connectivity index (χ1) is 10.1. The van der Waals surface area contributed by atoms with Gasteiger partial charge < -0.3 is 15.0 Å². The largest absolute Gasteiger partial charge is 0.489 e. The highest BCUT2D eigenvalue weighted by atomic mass is 35.5. The quantitative estimate of drug-likeness (QED) is 0.820. The van der Waals surface area contributed by atoms with E-state index in [2.05, 4.69) is 10.2 Å². The minimum absolute atomic E-state index is 0.0664. The Balaban J connectivity index is 1.91. The predicted molar refractivity (Wildman–Crippen MR) is 85.5 cm³/mol. The molecule has 0 bridgehead atoms. The van der Waals surface area contributed by atoms with Crippen molar-refractivity contribution in [2.45, 2.75) is 26.4 Å². The molecule has 0 atom stereocenters. The summed E-state index contributed by atoms with van der Waals surface area (Å²) in [7, 11) is 0. The molecule has 0 aliphatic carbocycles. The zero-order valence-corrected chi connectivity index (χ0v) is 13.4. The Labute approximate surface area is 131 Å². The minimum Gasteiger partial charge on any atom is -0.489 e. The summed E-state index contributed by atoms with van der Waals surface area (Å²) in [5.41, 5.74) is 0.659. The molecule has 0 radical (unpaired) electrons. The molecule has 0 aromatic heterocycles. The monoisotopic (exact) mass is 310 g/mol. The maximum absolute atomic E-state index is 12.2. The number of hydrogen-bond donors (Lipinski definition) is 1. The average molecular weight is 311 g/mol. The van der Waals surface area contributed by atoms with Crippen molar-refractivity contribution in [3.05, 3.63) is 28.8 Å². The molecule has 1 saturated heterocycles. The van der Waals surface area contributed by atoms with Gasteiger partial charge in [0.15, 0.2) is 5.78 Å². The lowest BCUT2D eigenvalue weighted by atomic mass is 10.1. The van der Waals surface area contributed by atoms with Crippen LogP contribution in [0.2, 0.25) is 5.02 Å². The van der Waals surface area contributed by atoms with Crippen molar-refractivity contribution in [3.63, 3.8) is 0 Å². The number of carbonyl (C=O) groups excluding carboxylic acids is 1. The minimum atomic E-state index is 0.0664. The summed E-state index contributed by atoms with van der Waals surface area (Å²) in [5, 5.41) is 3.80. The van der Waals surface area contributed by atoms with E-state index in [1.807, 2.05) is 13.8 Å². The standard InChI is InChI=1S/C16H23ClN2O2/c1-12(2)21-16-4-3-13(11-14(16)17)15(20)5-8-19-9-6-18-7-10-19/h3-4,11-12,18H,5-10H2,1-2H3. The fourth-order valence-electron chi connectivity index (χ4n) is 2.36. The molecule has 1 aliphatic heterocycles. The second-order valence-electron chi connectivity index (χ2n) is 5.58. The summed E-state index contributed by atoms with van der Waals surface area (Å²) < 4.78 is 5.58. The van der Waals surface area contributed by atoms with Crippen LogP contribution in [-0.2, 0) is 0 Å². The predicted octanol–water partition coefficient (Wildman–Crippen LogP) is 2.61. The van der Waals surface area contributed by atoms with Crippen LogP contribution in [0.25, 0.3) is 0 Å². The third-order valence-corrected chi connectivity index (χ3v) is 3.78. The fraction of sp³-hybridized carbons (Fsp3) is 0.562. The van der Waals surface area contributed by atoms with Crippen LogP contribution < -0.4 is 10.1 Å². The van der Waals surface area contributed by atoms with E-state index < -0.39 is 0 Å². The number of hydrogen-bond acceptors (Lipinski definition) is 4. The van der Waals surface area contributed by atoms with E-state index in [1.54, 1.807) is 18.2 Å². The molecule has 1 aromatic carbocycles. The Morgan fingerprint density at radius 1 is 1.38 bits per heavy atom. The van der Waals surface area contributed by atoms with Crippen LogP contribution in [0.3, 0.4) is 0 Å². The molecule has 0 saturated carbocycles. The van der Waals surface area contributed by atoms with Crippen LogP contribution >= 0.6 is 11.6 Å². The van der Waals surface area contributed by atoms with Crippen LogP contribution in [0.4, 0.5) is 0 Å². The van der Waals surface area contributed by atoms with Gasteiger partial charge in [0, 0.05) is 44.7 Å². The lowest BCUT2D eigenvalue weighted by Crippen LogP contribution is -2.44. The van der Waals surface area contributed by atoms with E-state index in [0.717, 1.165) is 32.7 Å². The van der Waals surface area contributed by atoms with Gasteiger partial charge in [-0.15, -0.1) is 0 Å². The molecule has 4 nitrogen and oxygen atoms in total. The van der Waals surface area contributed by atoms with Gasteiger partial charge in [-0.1, -0.05) is 11.6 Å². The van der Waals surface area contributed by atoms with Crippen molar-refractivity contribution in [2.24, 2.45) is 0 Å². The molecule has 2 rings (SSSR count). The Morgan fingerprint density at radius 3 is 2.71 bits per heavy atom. The molecular weight excluding hydrogens is 288 g/mol. The highest BCUT2D eigenvalue weighted by Crippen LogP contribution is 2.26. The molecular formula is C16H23ClN2O2. The second kappa shape index (κ2) is 7.78. The van der Waals surface area contributed by atoms with Crippen LogP contribution in [-0.4, -0.2) is 49.5 Å². The first kappa shape index (κ1) is 16.3. The van der Waals surface area contributed by atoms with E-state index in [4.69, 9.17) is 16.3 Å². The van der Waals surface area contributed by atoms with Gasteiger partial charge in [-0.05, 0) is 32.0 Å². The summed E-state index contributed by atoms with van der Waals surface area (Å²) in [6.07, 6.45) is 0.595. The van der Waals surface area contributed by atoms with Crippen LogP contribution in [0.15, 0.2) is 18.2 Å². The Morgan fingerprint density at radius 2 is 2.10 bits per heavy atom. The molecule has 0 amide bonds. The summed E-state index contributed by atoms with van der Waals surface area (Å²) in [6.45, 7) is 8.72. The maximum Gasteiger partial charge on any atom is 0.164 e. The van der Waals surface area contributed by atoms with Crippen LogP contribution in [0, 0.1) is 0 Å². The Bertz CT molecular complexity index is 485. The smallest absolute Gasteiger partial charge is 0.164 e. The van der Waals surface area contributed by atoms with Crippen molar-refractivity contribution in [1.82, 2.24) is 10.2 Å². The number of Topliss-reactive ketones (excluding diaryl/α,β-unsaturated/α-hetero) is 1. The van der Waals surface area contributed by atoms with Crippen molar-refractivity contribution < 1.29 is 9.53 Å². The number of halogens is 1. The number of piperazine rings is 1. The highest BCUT2D eigenvalue weighted by Gasteiger charge is 2.14. The first-order valence-electron chi connectivity index (χ1n) is 7.49. The highest BCUT2D eigenvalue weighted by molar-refractivity contribution is 6.32. The molecule has 1 N–H and O–H groups in total. The number of nitrogens with zero attached hydrogens (tertiary/aromatic N) is 1. The SMILES string of the molecule is CC(C)Oc1ccc(C(=O)CCN2CCNCC2)cc1Cl. The number of benzene rings is 1. The molecule has 1 aliphatic rings. The third kappa shape index (κ3) is 4.99. The van der Waals surface area contributed by atoms with Gasteiger partial charge in [0.2, 0.25) is 0 Å². The van der Waals surface area contributed by atoms with Crippen molar-refractivity contribution in [3.8, 4) is 5.75 Å². The van der Waals surface area contributed by atoms with Crippen molar-refractivity contribution in [1.29, 1.82) is 0 Å². The lowest BCUT2D eigenvalue weighted by Gasteiger charge is -2.26. The average Bonchev–Trinajstić information content (AvgIpc) is 2.47. The topological polar surface area (TPSA) is 41.6 Å². The molecule has 21 heavy (non-hydrogen) atoms. The summed E-state index contributed by atoms with van der Waals surface area (Å²) in [5.74, 6) is 0.761. The molecule has 1 heterocycles. The second-order valence-corrected chi connectivity index (χ2v) is 5.98. The normalized spacial score (nSPS) is 16.2. The summed E-state index contributed by atoms with van der Waals surface area (Å²) in [6, 6.07) is 5.28. The zero-order chi connectivity index (χ0) is 15.2. The van der Waals surface area contributed by atoms with Gasteiger partial charge in [-0.25, -0.2) is 0 Å². The van der Waals surface area contributed by atoms with Crippen LogP contribution in [0.1, 0.15) is 30.6 Å². The number of ketones is 1. The molecule has 1 fully saturated rings. The van der Waals surface area contributed by atoms with Crippen LogP contribution in [0.5, 0.6) is 5.75 Å². The van der Waals surface area contributed by atoms with E-state index in [-0.39, 0.29) is 11.9 Å². The molecule has 0 unspecified atom stereocenters. The van der Waals surface area contributed by atoms with E-state index in [9.17, 15) is 4.79 Å². The Kier molecular flexibility index (Phi) is 6.03. The van der Waals surface area contributed by atoms with Gasteiger partial charge in [0.25, 0.3) is 0 Å². The van der Waals surface area contributed by atoms with Crippen molar-refractivity contribution >= 4 is 17.4 Å². The van der Waals surface area contributed by atoms with E-state index in [1.165, 1.54) is 0 Å². The van der Waals surface area contributed by atoms with Crippen molar-refractivity contribution in [2.75, 3.05) is 32.7 Å². The summed E-state index contributed by atoms with van der Waals surface area (Å²) in [4.78, 5) is 14.5. The maximum atomic E-state index is 12.2. The summed E-state index contributed by atoms with van der Waals surface area (Å²) >= 11 is 6.17. The third-order valence-electron chi connectivity index (χ3n) is 3.48. The molecule has 0 spiro atoms. The Hall–Kier alpha value is -1.10. The number of rotatable bonds is 6. The molecule has 1 aromatic rings. The fourth-order valence-corrected chi connectivity index (χ4v) is 2.59. The van der Waals surface area contributed by atoms with E-state index in [0.29, 0.717) is 22.8 Å². The van der Waals surface area contributed by atoms with Gasteiger partial charge in [0.05, 0.1) is 11.1 Å².